The van der Waals surface area contributed by atoms with E-state index in [1.54, 1.807) is 4.52 Å². The third-order valence-electron chi connectivity index (χ3n) is 3.92. The van der Waals surface area contributed by atoms with E-state index < -0.39 is 5.54 Å². The number of rotatable bonds is 4. The summed E-state index contributed by atoms with van der Waals surface area (Å²) >= 11 is 0. The van der Waals surface area contributed by atoms with Crippen molar-refractivity contribution in [2.75, 3.05) is 6.54 Å². The van der Waals surface area contributed by atoms with Gasteiger partial charge in [-0.05, 0) is 32.8 Å². The van der Waals surface area contributed by atoms with Crippen LogP contribution in [-0.4, -0.2) is 37.6 Å². The number of hydrogen-bond donors (Lipinski definition) is 2. The molecule has 0 fully saturated rings. The van der Waals surface area contributed by atoms with E-state index in [-0.39, 0.29) is 17.6 Å². The molecule has 0 bridgehead atoms. The Labute approximate surface area is 124 Å². The Bertz CT molecular complexity index is 677. The summed E-state index contributed by atoms with van der Waals surface area (Å²) in [6, 6.07) is 1.89. The lowest BCUT2D eigenvalue weighted by Gasteiger charge is -2.33. The van der Waals surface area contributed by atoms with Crippen LogP contribution in [0.5, 0.6) is 0 Å². The summed E-state index contributed by atoms with van der Waals surface area (Å²) in [6.07, 6.45) is 0. The molecule has 7 heteroatoms. The molecule has 0 saturated carbocycles. The first-order chi connectivity index (χ1) is 9.76. The number of amides is 1. The zero-order valence-corrected chi connectivity index (χ0v) is 13.1. The van der Waals surface area contributed by atoms with Crippen molar-refractivity contribution in [3.63, 3.8) is 0 Å². The second kappa shape index (κ2) is 5.40. The van der Waals surface area contributed by atoms with Gasteiger partial charge in [0.25, 0.3) is 11.7 Å². The predicted molar refractivity (Wildman–Crippen MR) is 80.0 cm³/mol. The fraction of sp³-hybridized carbons (Fsp3) is 0.571. The molecule has 0 radical (unpaired) electrons. The third-order valence-corrected chi connectivity index (χ3v) is 3.92. The zero-order valence-electron chi connectivity index (χ0n) is 13.1. The number of nitrogens with one attached hydrogen (secondary N) is 1. The van der Waals surface area contributed by atoms with Crippen LogP contribution in [0.1, 0.15) is 42.8 Å². The Hall–Kier alpha value is -2.02. The van der Waals surface area contributed by atoms with Gasteiger partial charge >= 0.3 is 0 Å². The molecule has 0 saturated heterocycles. The van der Waals surface area contributed by atoms with E-state index in [1.165, 1.54) is 0 Å². The van der Waals surface area contributed by atoms with Gasteiger partial charge in [0.15, 0.2) is 0 Å². The minimum Gasteiger partial charge on any atom is -0.343 e. The van der Waals surface area contributed by atoms with Crippen molar-refractivity contribution in [1.29, 1.82) is 0 Å². The predicted octanol–water partition coefficient (Wildman–Crippen LogP) is 0.844. The fourth-order valence-corrected chi connectivity index (χ4v) is 2.01. The first-order valence-electron chi connectivity index (χ1n) is 7.00. The van der Waals surface area contributed by atoms with Gasteiger partial charge in [-0.3, -0.25) is 4.79 Å². The quantitative estimate of drug-likeness (QED) is 0.869. The highest BCUT2D eigenvalue weighted by atomic mass is 16.2. The van der Waals surface area contributed by atoms with Crippen LogP contribution in [0.15, 0.2) is 6.07 Å². The highest BCUT2D eigenvalue weighted by Gasteiger charge is 2.30. The molecule has 21 heavy (non-hydrogen) atoms. The molecule has 3 N–H and O–H groups in total. The largest absolute Gasteiger partial charge is 0.343 e. The molecular weight excluding hydrogens is 268 g/mol. The van der Waals surface area contributed by atoms with E-state index in [1.807, 2.05) is 40.7 Å². The highest BCUT2D eigenvalue weighted by molar-refractivity contribution is 5.91. The van der Waals surface area contributed by atoms with E-state index in [2.05, 4.69) is 20.4 Å². The van der Waals surface area contributed by atoms with E-state index in [4.69, 9.17) is 5.73 Å². The van der Waals surface area contributed by atoms with Gasteiger partial charge in [-0.1, -0.05) is 13.8 Å². The molecule has 1 atom stereocenters. The molecule has 1 amide bonds. The molecule has 7 nitrogen and oxygen atoms in total. The molecule has 2 heterocycles. The Kier molecular flexibility index (Phi) is 3.95. The molecule has 1 unspecified atom stereocenters. The summed E-state index contributed by atoms with van der Waals surface area (Å²) < 4.78 is 1.57. The lowest BCUT2D eigenvalue weighted by Crippen LogP contribution is -2.55. The number of aromatic nitrogens is 4. The van der Waals surface area contributed by atoms with Gasteiger partial charge in [0.05, 0.1) is 5.54 Å². The van der Waals surface area contributed by atoms with Gasteiger partial charge in [-0.2, -0.15) is 4.98 Å². The van der Waals surface area contributed by atoms with E-state index in [0.717, 1.165) is 11.4 Å². The summed E-state index contributed by atoms with van der Waals surface area (Å²) in [7, 11) is 0. The molecule has 0 aliphatic carbocycles. The van der Waals surface area contributed by atoms with Crippen molar-refractivity contribution in [1.82, 2.24) is 24.9 Å². The number of carbonyl (C=O) groups excluding carboxylic acids is 1. The van der Waals surface area contributed by atoms with Crippen LogP contribution in [-0.2, 0) is 0 Å². The van der Waals surface area contributed by atoms with Crippen LogP contribution < -0.4 is 11.1 Å². The molecule has 0 spiro atoms. The Balaban J connectivity index is 2.34. The normalized spacial score (nSPS) is 14.4. The van der Waals surface area contributed by atoms with Crippen LogP contribution in [0.3, 0.4) is 0 Å². The van der Waals surface area contributed by atoms with Gasteiger partial charge < -0.3 is 11.1 Å². The van der Waals surface area contributed by atoms with Gasteiger partial charge in [0.1, 0.15) is 0 Å². The molecule has 0 aliphatic rings. The molecule has 0 aliphatic heterocycles. The number of carbonyl (C=O) groups is 1. The standard InChI is InChI=1S/C14H22N6O/c1-8(2)14(5,7-15)18-12(21)11-17-13-16-9(3)6-10(4)20(13)19-11/h6,8H,7,15H2,1-5H3,(H,18,21). The van der Waals surface area contributed by atoms with Gasteiger partial charge in [-0.15, -0.1) is 5.10 Å². The number of aryl methyl sites for hydroxylation is 2. The number of fused-ring (bicyclic) bond motifs is 1. The SMILES string of the molecule is Cc1cc(C)n2nc(C(=O)NC(C)(CN)C(C)C)nc2n1. The molecule has 2 aromatic heterocycles. The maximum Gasteiger partial charge on any atom is 0.291 e. The Morgan fingerprint density at radius 3 is 2.67 bits per heavy atom. The maximum absolute atomic E-state index is 12.4. The number of hydrogen-bond acceptors (Lipinski definition) is 5. The minimum absolute atomic E-state index is 0.108. The van der Waals surface area contributed by atoms with Gasteiger partial charge in [-0.25, -0.2) is 9.50 Å². The van der Waals surface area contributed by atoms with E-state index in [0.29, 0.717) is 12.3 Å². The summed E-state index contributed by atoms with van der Waals surface area (Å²) in [4.78, 5) is 20.8. The average Bonchev–Trinajstić information content (AvgIpc) is 2.82. The lowest BCUT2D eigenvalue weighted by molar-refractivity contribution is 0.0872. The molecule has 0 aromatic carbocycles. The first-order valence-corrected chi connectivity index (χ1v) is 7.00. The summed E-state index contributed by atoms with van der Waals surface area (Å²) in [5.74, 6) is 0.401. The van der Waals surface area contributed by atoms with Crippen LogP contribution in [0.25, 0.3) is 5.78 Å². The van der Waals surface area contributed by atoms with Gasteiger partial charge in [0, 0.05) is 17.9 Å². The van der Waals surface area contributed by atoms with E-state index >= 15 is 0 Å². The van der Waals surface area contributed by atoms with Crippen molar-refractivity contribution < 1.29 is 4.79 Å². The maximum atomic E-state index is 12.4. The number of nitrogens with zero attached hydrogens (tertiary/aromatic N) is 4. The van der Waals surface area contributed by atoms with Crippen LogP contribution >= 0.6 is 0 Å². The molecule has 2 aromatic rings. The second-order valence-corrected chi connectivity index (χ2v) is 5.92. The average molecular weight is 290 g/mol. The Morgan fingerprint density at radius 2 is 2.10 bits per heavy atom. The number of nitrogens with two attached hydrogens (primary N) is 1. The second-order valence-electron chi connectivity index (χ2n) is 5.92. The zero-order chi connectivity index (χ0) is 15.8. The van der Waals surface area contributed by atoms with E-state index in [9.17, 15) is 4.79 Å². The van der Waals surface area contributed by atoms with Crippen LogP contribution in [0, 0.1) is 19.8 Å². The highest BCUT2D eigenvalue weighted by Crippen LogP contribution is 2.15. The first kappa shape index (κ1) is 15.4. The van der Waals surface area contributed by atoms with Crippen molar-refractivity contribution in [2.24, 2.45) is 11.7 Å². The van der Waals surface area contributed by atoms with Crippen LogP contribution in [0.4, 0.5) is 0 Å². The monoisotopic (exact) mass is 290 g/mol. The molecule has 114 valence electrons. The third kappa shape index (κ3) is 2.87. The summed E-state index contributed by atoms with van der Waals surface area (Å²) in [5, 5.41) is 7.15. The molecule has 2 rings (SSSR count). The summed E-state index contributed by atoms with van der Waals surface area (Å²) in [6.45, 7) is 10.1. The summed E-state index contributed by atoms with van der Waals surface area (Å²) in [5.41, 5.74) is 7.01. The lowest BCUT2D eigenvalue weighted by atomic mass is 9.88. The smallest absolute Gasteiger partial charge is 0.291 e. The van der Waals surface area contributed by atoms with Crippen molar-refractivity contribution in [2.45, 2.75) is 40.2 Å². The van der Waals surface area contributed by atoms with Crippen molar-refractivity contribution >= 4 is 11.7 Å². The topological polar surface area (TPSA) is 98.2 Å². The van der Waals surface area contributed by atoms with Gasteiger partial charge in [0.2, 0.25) is 5.82 Å². The molecular formula is C14H22N6O. The van der Waals surface area contributed by atoms with Crippen molar-refractivity contribution in [3.05, 3.63) is 23.3 Å². The fourth-order valence-electron chi connectivity index (χ4n) is 2.01. The Morgan fingerprint density at radius 1 is 1.43 bits per heavy atom. The van der Waals surface area contributed by atoms with Crippen molar-refractivity contribution in [3.8, 4) is 0 Å². The minimum atomic E-state index is -0.493. The van der Waals surface area contributed by atoms with Crippen LogP contribution in [0.2, 0.25) is 0 Å².